The molecule has 0 spiro atoms. The van der Waals surface area contributed by atoms with Gasteiger partial charge in [-0.05, 0) is 0 Å². The minimum Gasteiger partial charge on any atom is -1.00 e. The van der Waals surface area contributed by atoms with Crippen molar-refractivity contribution in [2.45, 2.75) is 270 Å². The third kappa shape index (κ3) is 17.2. The average molecular weight is 1500 g/mol. The van der Waals surface area contributed by atoms with Gasteiger partial charge in [-0.1, -0.05) is 0 Å². The molecule has 0 saturated carbocycles. The number of hydrogen-bond donors (Lipinski definition) is 0. The Bertz CT molecular complexity index is 3780. The van der Waals surface area contributed by atoms with Crippen LogP contribution in [0.4, 0.5) is 0 Å². The summed E-state index contributed by atoms with van der Waals surface area (Å²) in [5.74, 6) is 4.14. The zero-order chi connectivity index (χ0) is 73.9. The molecule has 548 valence electrons. The molecular weight excluding hydrogens is 1370 g/mol. The van der Waals surface area contributed by atoms with Crippen molar-refractivity contribution in [1.29, 1.82) is 0 Å². The molecule has 1 unspecified atom stereocenters. The molecule has 1 aliphatic carbocycles. The van der Waals surface area contributed by atoms with Crippen LogP contribution in [-0.4, -0.2) is 8.07 Å². The van der Waals surface area contributed by atoms with Gasteiger partial charge in [0.15, 0.2) is 0 Å². The van der Waals surface area contributed by atoms with Crippen molar-refractivity contribution in [3.63, 3.8) is 0 Å². The summed E-state index contributed by atoms with van der Waals surface area (Å²) in [4.78, 5) is 0. The topological polar surface area (TPSA) is 0 Å². The second-order valence-electron chi connectivity index (χ2n) is 34.7. The summed E-state index contributed by atoms with van der Waals surface area (Å²) >= 11 is 2.55. The van der Waals surface area contributed by atoms with E-state index in [1.54, 1.807) is 0 Å². The summed E-state index contributed by atoms with van der Waals surface area (Å²) in [7, 11) is -3.85. The fraction of sp³-hybridized carbons (Fsp3) is 0.414. The van der Waals surface area contributed by atoms with Gasteiger partial charge in [0.05, 0.1) is 0 Å². The zero-order valence-electron chi connectivity index (χ0n) is 68.7. The van der Waals surface area contributed by atoms with Crippen molar-refractivity contribution in [2.75, 3.05) is 0 Å². The second-order valence-corrected chi connectivity index (χ2v) is 39.7. The maximum Gasteiger partial charge on any atom is -1.00 e. The Morgan fingerprint density at radius 3 is 0.462 bits per heavy atom. The van der Waals surface area contributed by atoms with Crippen LogP contribution in [0.2, 0.25) is 5.04 Å². The number of allylic oxidation sites excluding steroid dienone is 4. The fourth-order valence-corrected chi connectivity index (χ4v) is 23.6. The molecular formula is C99H123Cl3SiTi. The third-order valence-electron chi connectivity index (χ3n) is 23.5. The standard InChI is InChI=1S/C99H123Si.3ClH.Ti/c1-57(2)72-29-73(58(3)4)36-84(35-72)90-47-91(85-37-74(59(5)6)30-75(38-85)60(7)8)51-96(50-90)100(99(28)56-69(25)70(26)71(99)27,97-52-92(86-39-76(61(9)10)31-77(40-86)62(11)12)48-93(53-97)87-41-78(63(13)14)32-79(42-87)64(15)16)98-54-94(88-43-80(65(17)18)33-81(44-88)66(19)20)49-95(55-98)89-45-82(67(21)22)34-83(46-89)68(23)24;;;;/h29-55,57-68H,1-28H3;3*1H;/q;;;;+3/p-3. The Hall–Kier alpha value is -5.74. The molecule has 0 N–H and O–H groups in total. The molecule has 104 heavy (non-hydrogen) atoms. The molecule has 0 nitrogen and oxygen atoms in total. The van der Waals surface area contributed by atoms with Gasteiger partial charge in [-0.2, -0.15) is 0 Å². The summed E-state index contributed by atoms with van der Waals surface area (Å²) in [6.45, 7) is 67.2. The fourth-order valence-electron chi connectivity index (χ4n) is 15.8. The second kappa shape index (κ2) is 34.2. The molecule has 5 heteroatoms. The van der Waals surface area contributed by atoms with E-state index >= 15 is 0 Å². The zero-order valence-corrected chi connectivity index (χ0v) is 73.5. The van der Waals surface area contributed by atoms with Gasteiger partial charge in [0.1, 0.15) is 0 Å². The molecule has 9 aromatic carbocycles. The number of halogens is 3. The molecule has 9 aromatic rings. The number of rotatable bonds is 22. The van der Waals surface area contributed by atoms with E-state index in [0.717, 1.165) is 0 Å². The van der Waals surface area contributed by atoms with E-state index in [0.29, 0.717) is 71.0 Å². The van der Waals surface area contributed by atoms with Crippen LogP contribution in [0, 0.1) is 0 Å². The summed E-state index contributed by atoms with van der Waals surface area (Å²) in [5.41, 5.74) is 36.3. The summed E-state index contributed by atoms with van der Waals surface area (Å²) < 4.78 is 1.47. The molecule has 0 heterocycles. The molecule has 10 rings (SSSR count). The Balaban J connectivity index is 0.00000504. The van der Waals surface area contributed by atoms with Gasteiger partial charge in [-0.3, -0.25) is 0 Å². The first kappa shape index (κ1) is 85.5. The minimum atomic E-state index is -3.85. The van der Waals surface area contributed by atoms with Crippen molar-refractivity contribution < 1.29 is 57.7 Å². The maximum absolute atomic E-state index is 3.85. The van der Waals surface area contributed by atoms with Gasteiger partial charge in [-0.25, -0.2) is 0 Å². The molecule has 0 amide bonds. The summed E-state index contributed by atoms with van der Waals surface area (Å²) in [6, 6.07) is 70.0. The minimum absolute atomic E-state index is 0. The molecule has 0 aliphatic heterocycles. The largest absolute Gasteiger partial charge is 1.00 e. The van der Waals surface area contributed by atoms with Crippen molar-refractivity contribution in [3.05, 3.63) is 251 Å². The molecule has 0 saturated heterocycles. The van der Waals surface area contributed by atoms with Gasteiger partial charge >= 0.3 is 632 Å². The van der Waals surface area contributed by atoms with Crippen molar-refractivity contribution >= 4 is 23.6 Å². The van der Waals surface area contributed by atoms with Crippen LogP contribution in [0.3, 0.4) is 0 Å². The molecule has 1 atom stereocenters. The van der Waals surface area contributed by atoms with E-state index in [1.807, 2.05) is 0 Å². The van der Waals surface area contributed by atoms with Crippen molar-refractivity contribution in [1.82, 2.24) is 0 Å². The normalized spacial score (nSPS) is 14.4. The van der Waals surface area contributed by atoms with Gasteiger partial charge < -0.3 is 37.2 Å². The van der Waals surface area contributed by atoms with Crippen LogP contribution in [0.1, 0.15) is 332 Å². The van der Waals surface area contributed by atoms with E-state index in [-0.39, 0.29) is 37.2 Å². The van der Waals surface area contributed by atoms with Crippen LogP contribution in [0.5, 0.6) is 0 Å². The van der Waals surface area contributed by atoms with Gasteiger partial charge in [0.25, 0.3) is 0 Å². The third-order valence-corrected chi connectivity index (χ3v) is 30.8. The van der Waals surface area contributed by atoms with E-state index in [2.05, 4.69) is 378 Å². The first-order valence-electron chi connectivity index (χ1n) is 38.9. The van der Waals surface area contributed by atoms with E-state index in [1.165, 1.54) is 170 Å². The number of hydrogen-bond acceptors (Lipinski definition) is 0. The Morgan fingerprint density at radius 2 is 0.346 bits per heavy atom. The molecule has 0 radical (unpaired) electrons. The van der Waals surface area contributed by atoms with Crippen LogP contribution < -0.4 is 52.8 Å². The predicted molar refractivity (Wildman–Crippen MR) is 445 cm³/mol. The van der Waals surface area contributed by atoms with Gasteiger partial charge in [-0.15, -0.1) is 0 Å². The van der Waals surface area contributed by atoms with Crippen molar-refractivity contribution in [3.8, 4) is 66.8 Å². The first-order valence-corrected chi connectivity index (χ1v) is 41.7. The molecule has 0 bridgehead atoms. The van der Waals surface area contributed by atoms with E-state index in [9.17, 15) is 0 Å². The molecule has 0 aromatic heterocycles. The molecule has 0 fully saturated rings. The Kier molecular flexibility index (Phi) is 28.1. The molecule has 1 aliphatic rings. The Morgan fingerprint density at radius 1 is 0.212 bits per heavy atom. The van der Waals surface area contributed by atoms with Crippen LogP contribution in [0.15, 0.2) is 184 Å². The van der Waals surface area contributed by atoms with E-state index in [4.69, 9.17) is 0 Å². The van der Waals surface area contributed by atoms with Gasteiger partial charge in [0, 0.05) is 0 Å². The summed E-state index contributed by atoms with van der Waals surface area (Å²) in [6.07, 6.45) is 0. The monoisotopic (exact) mass is 1490 g/mol. The predicted octanol–water partition coefficient (Wildman–Crippen LogP) is 19.6. The smallest absolute Gasteiger partial charge is 1.00 e. The Labute approximate surface area is 663 Å². The summed E-state index contributed by atoms with van der Waals surface area (Å²) in [5, 5.41) is 3.76. The quantitative estimate of drug-likeness (QED) is 0.0469. The van der Waals surface area contributed by atoms with E-state index < -0.39 is 13.1 Å². The average Bonchev–Trinajstić information content (AvgIpc) is 1.32. The maximum atomic E-state index is 2.77. The van der Waals surface area contributed by atoms with Crippen molar-refractivity contribution in [2.24, 2.45) is 0 Å². The van der Waals surface area contributed by atoms with Crippen LogP contribution in [-0.2, 0) is 20.4 Å². The number of benzene rings is 9. The van der Waals surface area contributed by atoms with Crippen LogP contribution >= 0.6 is 0 Å². The van der Waals surface area contributed by atoms with Crippen LogP contribution in [0.25, 0.3) is 66.8 Å². The first-order chi connectivity index (χ1) is 47.4. The van der Waals surface area contributed by atoms with Gasteiger partial charge in [0.2, 0.25) is 0 Å². The SMILES string of the molecule is CC1=C(C)C(C)([Si](c2cc(-c3cc(C(C)C)cc(C(C)C)c3)cc(-c3cc(C(C)C)cc(C(C)C)c3)c2)(c2cc(-c3cc(C(C)C)cc(C(C)C)c3)cc(-c3cc(C(C)C)cc(C(C)C)c3)c2)c2cc(-c3cc(C(C)C)cc(C(C)C)c3)cc(-c3cc(C(C)C)cc(C(C)C)c3)c2)[C]([Ti+3])=C1C.[Cl-].[Cl-].[Cl-].